The van der Waals surface area contributed by atoms with Crippen LogP contribution in [0.3, 0.4) is 0 Å². The van der Waals surface area contributed by atoms with E-state index in [1.807, 2.05) is 13.8 Å². The zero-order chi connectivity index (χ0) is 15.4. The van der Waals surface area contributed by atoms with Crippen molar-refractivity contribution in [1.29, 1.82) is 0 Å². The molecule has 0 aliphatic rings. The highest BCUT2D eigenvalue weighted by Gasteiger charge is 2.21. The van der Waals surface area contributed by atoms with Gasteiger partial charge in [-0.15, -0.1) is 0 Å². The van der Waals surface area contributed by atoms with Crippen LogP contribution in [0.25, 0.3) is 0 Å². The molecule has 0 aliphatic heterocycles. The van der Waals surface area contributed by atoms with E-state index in [9.17, 15) is 9.59 Å². The molecule has 0 rings (SSSR count). The number of rotatable bonds is 11. The summed E-state index contributed by atoms with van der Waals surface area (Å²) >= 11 is 0. The number of urea groups is 1. The highest BCUT2D eigenvalue weighted by Crippen LogP contribution is 1.97. The van der Waals surface area contributed by atoms with Crippen molar-refractivity contribution in [1.82, 2.24) is 10.2 Å². The first-order valence-electron chi connectivity index (χ1n) is 7.00. The third-order valence-electron chi connectivity index (χ3n) is 2.71. The number of hydrogen-bond acceptors (Lipinski definition) is 4. The van der Waals surface area contributed by atoms with Crippen LogP contribution in [0.15, 0.2) is 0 Å². The summed E-state index contributed by atoms with van der Waals surface area (Å²) in [4.78, 5) is 24.5. The van der Waals surface area contributed by atoms with E-state index < -0.39 is 18.0 Å². The molecule has 0 heterocycles. The molecule has 7 heteroatoms. The van der Waals surface area contributed by atoms with Crippen molar-refractivity contribution in [2.45, 2.75) is 33.2 Å². The minimum absolute atomic E-state index is 0.339. The van der Waals surface area contributed by atoms with Crippen molar-refractivity contribution in [3.05, 3.63) is 0 Å². The summed E-state index contributed by atoms with van der Waals surface area (Å²) in [5, 5.41) is 11.4. The summed E-state index contributed by atoms with van der Waals surface area (Å²) in [6, 6.07) is -1.28. The Hall–Kier alpha value is -1.34. The summed E-state index contributed by atoms with van der Waals surface area (Å²) < 4.78 is 10.4. The average molecular weight is 290 g/mol. The SMILES string of the molecule is CCOCCN(CCOCC)C(=O)N[C@@H](CC)C(=O)O. The van der Waals surface area contributed by atoms with Gasteiger partial charge in [0.1, 0.15) is 6.04 Å². The molecule has 0 spiro atoms. The van der Waals surface area contributed by atoms with E-state index in [0.29, 0.717) is 45.9 Å². The van der Waals surface area contributed by atoms with Gasteiger partial charge in [-0.2, -0.15) is 0 Å². The van der Waals surface area contributed by atoms with Gasteiger partial charge in [0.05, 0.1) is 13.2 Å². The van der Waals surface area contributed by atoms with Gasteiger partial charge in [-0.3, -0.25) is 0 Å². The molecule has 0 saturated heterocycles. The number of aliphatic carboxylic acids is 1. The fraction of sp³-hybridized carbons (Fsp3) is 0.846. The van der Waals surface area contributed by atoms with Gasteiger partial charge in [0, 0.05) is 26.3 Å². The summed E-state index contributed by atoms with van der Waals surface area (Å²) in [7, 11) is 0. The van der Waals surface area contributed by atoms with Crippen molar-refractivity contribution in [2.75, 3.05) is 39.5 Å². The van der Waals surface area contributed by atoms with Gasteiger partial charge in [-0.25, -0.2) is 9.59 Å². The van der Waals surface area contributed by atoms with Crippen molar-refractivity contribution in [3.8, 4) is 0 Å². The first-order valence-corrected chi connectivity index (χ1v) is 7.00. The first-order chi connectivity index (χ1) is 9.56. The van der Waals surface area contributed by atoms with Gasteiger partial charge < -0.3 is 24.8 Å². The summed E-state index contributed by atoms with van der Waals surface area (Å²) in [5.74, 6) is -1.03. The minimum atomic E-state index is -1.03. The second kappa shape index (κ2) is 11.5. The summed E-state index contributed by atoms with van der Waals surface area (Å²) in [6.07, 6.45) is 0.339. The molecule has 0 unspecified atom stereocenters. The van der Waals surface area contributed by atoms with Gasteiger partial charge in [0.15, 0.2) is 0 Å². The number of hydrogen-bond donors (Lipinski definition) is 2. The van der Waals surface area contributed by atoms with Crippen molar-refractivity contribution < 1.29 is 24.2 Å². The van der Waals surface area contributed by atoms with Gasteiger partial charge in [0.2, 0.25) is 0 Å². The standard InChI is InChI=1S/C13H26N2O5/c1-4-11(12(16)17)14-13(18)15(7-9-19-5-2)8-10-20-6-3/h11H,4-10H2,1-3H3,(H,14,18)(H,16,17)/t11-/m0/s1. The molecule has 0 aromatic rings. The molecule has 0 aromatic heterocycles. The second-order valence-corrected chi connectivity index (χ2v) is 4.13. The van der Waals surface area contributed by atoms with Crippen molar-refractivity contribution in [3.63, 3.8) is 0 Å². The molecule has 0 bridgehead atoms. The van der Waals surface area contributed by atoms with Crippen LogP contribution >= 0.6 is 0 Å². The highest BCUT2D eigenvalue weighted by molar-refractivity contribution is 5.82. The van der Waals surface area contributed by atoms with E-state index in [4.69, 9.17) is 14.6 Å². The number of nitrogens with zero attached hydrogens (tertiary/aromatic N) is 1. The van der Waals surface area contributed by atoms with Crippen molar-refractivity contribution in [2.24, 2.45) is 0 Å². The lowest BCUT2D eigenvalue weighted by Crippen LogP contribution is -2.49. The van der Waals surface area contributed by atoms with E-state index in [0.717, 1.165) is 0 Å². The molecular weight excluding hydrogens is 264 g/mol. The number of ether oxygens (including phenoxy) is 2. The number of carbonyl (C=O) groups is 2. The molecule has 1 atom stereocenters. The fourth-order valence-corrected chi connectivity index (χ4v) is 1.53. The Morgan fingerprint density at radius 2 is 1.60 bits per heavy atom. The van der Waals surface area contributed by atoms with E-state index >= 15 is 0 Å². The van der Waals surface area contributed by atoms with Crippen LogP contribution in [0.5, 0.6) is 0 Å². The minimum Gasteiger partial charge on any atom is -0.480 e. The Bertz CT molecular complexity index is 276. The summed E-state index contributed by atoms with van der Waals surface area (Å²) in [5.41, 5.74) is 0. The lowest BCUT2D eigenvalue weighted by Gasteiger charge is -2.24. The third-order valence-corrected chi connectivity index (χ3v) is 2.71. The topological polar surface area (TPSA) is 88.1 Å². The summed E-state index contributed by atoms with van der Waals surface area (Å²) in [6.45, 7) is 8.26. The van der Waals surface area contributed by atoms with Gasteiger partial charge >= 0.3 is 12.0 Å². The maximum atomic E-state index is 12.0. The van der Waals surface area contributed by atoms with Crippen LogP contribution in [0, 0.1) is 0 Å². The molecule has 0 fully saturated rings. The molecule has 7 nitrogen and oxygen atoms in total. The lowest BCUT2D eigenvalue weighted by atomic mass is 10.2. The van der Waals surface area contributed by atoms with Crippen LogP contribution in [-0.4, -0.2) is 67.6 Å². The normalized spacial score (nSPS) is 11.9. The van der Waals surface area contributed by atoms with E-state index in [-0.39, 0.29) is 0 Å². The smallest absolute Gasteiger partial charge is 0.326 e. The molecule has 20 heavy (non-hydrogen) atoms. The zero-order valence-electron chi connectivity index (χ0n) is 12.6. The molecule has 0 aliphatic carbocycles. The van der Waals surface area contributed by atoms with Gasteiger partial charge in [-0.1, -0.05) is 6.92 Å². The Morgan fingerprint density at radius 1 is 1.10 bits per heavy atom. The highest BCUT2D eigenvalue weighted by atomic mass is 16.5. The zero-order valence-corrected chi connectivity index (χ0v) is 12.6. The van der Waals surface area contributed by atoms with Crippen LogP contribution in [0.4, 0.5) is 4.79 Å². The number of carboxylic acid groups (broad SMARTS) is 1. The van der Waals surface area contributed by atoms with Crippen molar-refractivity contribution >= 4 is 12.0 Å². The second-order valence-electron chi connectivity index (χ2n) is 4.13. The molecule has 118 valence electrons. The quantitative estimate of drug-likeness (QED) is 0.553. The van der Waals surface area contributed by atoms with Crippen LogP contribution in [0.2, 0.25) is 0 Å². The Kier molecular flexibility index (Phi) is 10.7. The number of carbonyl (C=O) groups excluding carboxylic acids is 1. The monoisotopic (exact) mass is 290 g/mol. The number of amides is 2. The molecule has 2 N–H and O–H groups in total. The molecule has 0 saturated carbocycles. The first kappa shape index (κ1) is 18.7. The maximum Gasteiger partial charge on any atom is 0.326 e. The Balaban J connectivity index is 4.39. The number of nitrogens with one attached hydrogen (secondary N) is 1. The predicted octanol–water partition coefficient (Wildman–Crippen LogP) is 0.934. The van der Waals surface area contributed by atoms with E-state index in [2.05, 4.69) is 5.32 Å². The van der Waals surface area contributed by atoms with E-state index in [1.54, 1.807) is 6.92 Å². The van der Waals surface area contributed by atoms with Crippen LogP contribution in [0.1, 0.15) is 27.2 Å². The average Bonchev–Trinajstić information content (AvgIpc) is 2.42. The Labute approximate surface area is 120 Å². The third kappa shape index (κ3) is 7.96. The maximum absolute atomic E-state index is 12.0. The molecule has 2 amide bonds. The number of carboxylic acids is 1. The van der Waals surface area contributed by atoms with Gasteiger partial charge in [0.25, 0.3) is 0 Å². The van der Waals surface area contributed by atoms with Gasteiger partial charge in [-0.05, 0) is 20.3 Å². The van der Waals surface area contributed by atoms with Crippen LogP contribution in [-0.2, 0) is 14.3 Å². The van der Waals surface area contributed by atoms with Crippen LogP contribution < -0.4 is 5.32 Å². The fourth-order valence-electron chi connectivity index (χ4n) is 1.53. The molecule has 0 aromatic carbocycles. The lowest BCUT2D eigenvalue weighted by molar-refractivity contribution is -0.139. The Morgan fingerprint density at radius 3 is 1.95 bits per heavy atom. The largest absolute Gasteiger partial charge is 0.480 e. The molecule has 0 radical (unpaired) electrons. The predicted molar refractivity (Wildman–Crippen MR) is 74.8 cm³/mol. The van der Waals surface area contributed by atoms with E-state index in [1.165, 1.54) is 4.90 Å². The molecular formula is C13H26N2O5.